The summed E-state index contributed by atoms with van der Waals surface area (Å²) in [6.07, 6.45) is 2.72. The highest BCUT2D eigenvalue weighted by molar-refractivity contribution is 5.74. The quantitative estimate of drug-likeness (QED) is 0.380. The van der Waals surface area contributed by atoms with Crippen molar-refractivity contribution in [3.8, 4) is 0 Å². The van der Waals surface area contributed by atoms with Crippen molar-refractivity contribution in [2.45, 2.75) is 57.7 Å². The smallest absolute Gasteiger partial charge is 0.320 e. The second kappa shape index (κ2) is 14.5. The van der Waals surface area contributed by atoms with Crippen molar-refractivity contribution in [3.63, 3.8) is 0 Å². The highest BCUT2D eigenvalue weighted by atomic mass is 16.4. The molecule has 8 N–H and O–H groups in total. The number of carbonyl (C=O) groups is 3. The monoisotopic (exact) mass is 411 g/mol. The van der Waals surface area contributed by atoms with Crippen LogP contribution in [0.3, 0.4) is 0 Å². The molecule has 0 saturated carbocycles. The third-order valence-corrected chi connectivity index (χ3v) is 4.02. The Labute approximate surface area is 171 Å². The van der Waals surface area contributed by atoms with Gasteiger partial charge in [0.25, 0.3) is 0 Å². The lowest BCUT2D eigenvalue weighted by Gasteiger charge is -2.07. The van der Waals surface area contributed by atoms with E-state index < -0.39 is 30.0 Å². The molecule has 1 aliphatic heterocycles. The fourth-order valence-corrected chi connectivity index (χ4v) is 2.46. The van der Waals surface area contributed by atoms with E-state index >= 15 is 0 Å². The Morgan fingerprint density at radius 1 is 1.03 bits per heavy atom. The van der Waals surface area contributed by atoms with E-state index in [1.54, 1.807) is 0 Å². The van der Waals surface area contributed by atoms with E-state index in [9.17, 15) is 14.4 Å². The van der Waals surface area contributed by atoms with Crippen LogP contribution in [0.4, 0.5) is 0 Å². The van der Waals surface area contributed by atoms with E-state index in [1.807, 2.05) is 44.2 Å². The summed E-state index contributed by atoms with van der Waals surface area (Å²) < 4.78 is 0. The molecule has 29 heavy (non-hydrogen) atoms. The zero-order valence-electron chi connectivity index (χ0n) is 17.0. The van der Waals surface area contributed by atoms with Gasteiger partial charge >= 0.3 is 17.9 Å². The van der Waals surface area contributed by atoms with Crippen LogP contribution in [0.5, 0.6) is 0 Å². The lowest BCUT2D eigenvalue weighted by Crippen LogP contribution is -2.32. The average Bonchev–Trinajstić information content (AvgIpc) is 3.18. The van der Waals surface area contributed by atoms with Crippen molar-refractivity contribution in [2.24, 2.45) is 17.4 Å². The maximum atomic E-state index is 10.4. The number of benzene rings is 1. The first-order valence-corrected chi connectivity index (χ1v) is 9.51. The maximum Gasteiger partial charge on any atom is 0.320 e. The Kier molecular flexibility index (Phi) is 13.3. The van der Waals surface area contributed by atoms with Gasteiger partial charge in [0.2, 0.25) is 0 Å². The Bertz CT molecular complexity index is 618. The summed E-state index contributed by atoms with van der Waals surface area (Å²) in [5.41, 5.74) is 11.5. The maximum absolute atomic E-state index is 10.4. The number of hydrogen-bond acceptors (Lipinski definition) is 6. The average molecular weight is 411 g/mol. The lowest BCUT2D eigenvalue weighted by molar-refractivity contribution is -0.139. The van der Waals surface area contributed by atoms with Gasteiger partial charge in [-0.2, -0.15) is 0 Å². The summed E-state index contributed by atoms with van der Waals surface area (Å²) in [6, 6.07) is 7.59. The normalized spacial score (nSPS) is 17.2. The highest BCUT2D eigenvalue weighted by Crippen LogP contribution is 2.04. The molecule has 9 heteroatoms. The van der Waals surface area contributed by atoms with Crippen molar-refractivity contribution in [2.75, 3.05) is 6.54 Å². The number of aliphatic carboxylic acids is 3. The number of carboxylic acids is 3. The van der Waals surface area contributed by atoms with Crippen molar-refractivity contribution < 1.29 is 29.7 Å². The molecule has 3 atom stereocenters. The van der Waals surface area contributed by atoms with Gasteiger partial charge in [0.15, 0.2) is 0 Å². The Morgan fingerprint density at radius 2 is 1.59 bits per heavy atom. The number of hydrogen-bond donors (Lipinski definition) is 6. The van der Waals surface area contributed by atoms with E-state index in [1.165, 1.54) is 0 Å². The predicted molar refractivity (Wildman–Crippen MR) is 109 cm³/mol. The molecule has 1 aromatic carbocycles. The van der Waals surface area contributed by atoms with E-state index in [0.717, 1.165) is 24.9 Å². The molecule has 0 aromatic heterocycles. The molecular formula is C20H33N3O6. The molecule has 1 fully saturated rings. The van der Waals surface area contributed by atoms with Crippen LogP contribution in [0.2, 0.25) is 0 Å². The summed E-state index contributed by atoms with van der Waals surface area (Å²) in [5.74, 6) is -2.24. The second-order valence-electron chi connectivity index (χ2n) is 7.20. The van der Waals surface area contributed by atoms with Gasteiger partial charge in [0.05, 0.1) is 0 Å². The fraction of sp³-hybridized carbons (Fsp3) is 0.550. The van der Waals surface area contributed by atoms with E-state index in [4.69, 9.17) is 26.8 Å². The van der Waals surface area contributed by atoms with E-state index in [-0.39, 0.29) is 6.04 Å². The second-order valence-corrected chi connectivity index (χ2v) is 7.20. The van der Waals surface area contributed by atoms with Gasteiger partial charge in [0, 0.05) is 0 Å². The van der Waals surface area contributed by atoms with Crippen molar-refractivity contribution in [3.05, 3.63) is 35.9 Å². The molecule has 0 aliphatic carbocycles. The summed E-state index contributed by atoms with van der Waals surface area (Å²) in [6.45, 7) is 4.75. The molecule has 1 heterocycles. The van der Waals surface area contributed by atoms with Gasteiger partial charge in [-0.25, -0.2) is 0 Å². The molecule has 2 rings (SSSR count). The van der Waals surface area contributed by atoms with Crippen LogP contribution in [0.15, 0.2) is 30.3 Å². The summed E-state index contributed by atoms with van der Waals surface area (Å²) in [4.78, 5) is 30.6. The minimum atomic E-state index is -0.959. The zero-order chi connectivity index (χ0) is 22.4. The minimum absolute atomic E-state index is 0.269. The fourth-order valence-electron chi connectivity index (χ4n) is 2.46. The standard InChI is InChI=1S/C9H11NO2.C6H13NO2.C5H9NO2/c10-8(9(11)12)6-7-4-2-1-3-5-7;1-4(2)3-5(7)6(8)9;7-5(8)4-2-1-3-6-4/h1-5,8H,6,10H2,(H,11,12);4-5H,3,7H2,1-2H3,(H,8,9);4,6H,1-3H2,(H,7,8)/t8-;5-;4-/m000/s1. The van der Waals surface area contributed by atoms with E-state index in [0.29, 0.717) is 18.8 Å². The predicted octanol–water partition coefficient (Wildman–Crippen LogP) is 0.908. The van der Waals surface area contributed by atoms with Crippen molar-refractivity contribution >= 4 is 17.9 Å². The third kappa shape index (κ3) is 13.3. The van der Waals surface area contributed by atoms with Crippen LogP contribution in [-0.4, -0.2) is 57.9 Å². The topological polar surface area (TPSA) is 176 Å². The molecule has 0 spiro atoms. The first-order valence-electron chi connectivity index (χ1n) is 9.51. The van der Waals surface area contributed by atoms with Crippen LogP contribution in [-0.2, 0) is 20.8 Å². The Morgan fingerprint density at radius 3 is 1.90 bits per heavy atom. The largest absolute Gasteiger partial charge is 0.480 e. The van der Waals surface area contributed by atoms with Crippen LogP contribution < -0.4 is 16.8 Å². The molecule has 9 nitrogen and oxygen atoms in total. The van der Waals surface area contributed by atoms with Crippen molar-refractivity contribution in [1.82, 2.24) is 5.32 Å². The van der Waals surface area contributed by atoms with E-state index in [2.05, 4.69) is 5.32 Å². The van der Waals surface area contributed by atoms with Gasteiger partial charge in [-0.1, -0.05) is 44.2 Å². The van der Waals surface area contributed by atoms with Crippen LogP contribution in [0.1, 0.15) is 38.7 Å². The Balaban J connectivity index is 0.000000416. The molecule has 0 amide bonds. The summed E-state index contributed by atoms with van der Waals surface area (Å²) in [7, 11) is 0. The molecule has 0 radical (unpaired) electrons. The van der Waals surface area contributed by atoms with Gasteiger partial charge < -0.3 is 32.1 Å². The zero-order valence-corrected chi connectivity index (χ0v) is 17.0. The SMILES string of the molecule is CC(C)C[C@H](N)C(=O)O.N[C@@H](Cc1ccccc1)C(=O)O.O=C(O)[C@@H]1CCCN1. The van der Waals surface area contributed by atoms with Crippen molar-refractivity contribution in [1.29, 1.82) is 0 Å². The molecule has 1 saturated heterocycles. The highest BCUT2D eigenvalue weighted by Gasteiger charge is 2.20. The number of rotatable bonds is 7. The lowest BCUT2D eigenvalue weighted by atomic mass is 10.1. The van der Waals surface area contributed by atoms with Gasteiger partial charge in [-0.15, -0.1) is 0 Å². The molecule has 0 bridgehead atoms. The van der Waals surface area contributed by atoms with Crippen LogP contribution in [0, 0.1) is 5.92 Å². The third-order valence-electron chi connectivity index (χ3n) is 4.02. The first kappa shape index (κ1) is 26.5. The Hall–Kier alpha value is -2.49. The molecule has 0 unspecified atom stereocenters. The number of carboxylic acid groups (broad SMARTS) is 3. The summed E-state index contributed by atoms with van der Waals surface area (Å²) in [5, 5.41) is 28.0. The molecule has 164 valence electrons. The van der Waals surface area contributed by atoms with Gasteiger partial charge in [-0.05, 0) is 43.7 Å². The van der Waals surface area contributed by atoms with Crippen LogP contribution in [0.25, 0.3) is 0 Å². The van der Waals surface area contributed by atoms with Crippen LogP contribution >= 0.6 is 0 Å². The van der Waals surface area contributed by atoms with Gasteiger partial charge in [0.1, 0.15) is 18.1 Å². The molecular weight excluding hydrogens is 378 g/mol. The van der Waals surface area contributed by atoms with Gasteiger partial charge in [-0.3, -0.25) is 14.4 Å². The number of nitrogens with two attached hydrogens (primary N) is 2. The minimum Gasteiger partial charge on any atom is -0.480 e. The summed E-state index contributed by atoms with van der Waals surface area (Å²) >= 11 is 0. The molecule has 1 aromatic rings. The number of nitrogens with one attached hydrogen (secondary N) is 1. The first-order chi connectivity index (χ1) is 13.5. The molecule has 1 aliphatic rings.